The van der Waals surface area contributed by atoms with Crippen molar-refractivity contribution in [2.75, 3.05) is 5.32 Å². The minimum Gasteiger partial charge on any atom is -0.322 e. The molecule has 3 aromatic carbocycles. The van der Waals surface area contributed by atoms with Crippen molar-refractivity contribution in [3.63, 3.8) is 0 Å². The van der Waals surface area contributed by atoms with E-state index >= 15 is 0 Å². The number of hydrogen-bond donors (Lipinski definition) is 1. The Morgan fingerprint density at radius 3 is 2.30 bits per heavy atom. The van der Waals surface area contributed by atoms with Gasteiger partial charge < -0.3 is 5.32 Å². The molecule has 0 radical (unpaired) electrons. The zero-order valence-corrected chi connectivity index (χ0v) is 12.8. The third kappa shape index (κ3) is 2.82. The molecular weight excluding hydrogens is 361 g/mol. The number of rotatable bonds is 2. The molecule has 0 unspecified atom stereocenters. The smallest absolute Gasteiger partial charge is 0.255 e. The van der Waals surface area contributed by atoms with Crippen LogP contribution in [-0.2, 0) is 0 Å². The molecular formula is C17H12INO. The maximum atomic E-state index is 12.1. The van der Waals surface area contributed by atoms with E-state index in [0.29, 0.717) is 5.56 Å². The molecule has 0 spiro atoms. The van der Waals surface area contributed by atoms with Crippen molar-refractivity contribution in [3.8, 4) is 0 Å². The monoisotopic (exact) mass is 373 g/mol. The Labute approximate surface area is 131 Å². The van der Waals surface area contributed by atoms with Crippen LogP contribution in [0.3, 0.4) is 0 Å². The molecule has 0 aliphatic heterocycles. The number of carbonyl (C=O) groups excluding carboxylic acids is 1. The summed E-state index contributed by atoms with van der Waals surface area (Å²) >= 11 is 2.22. The first-order valence-electron chi connectivity index (χ1n) is 6.28. The minimum absolute atomic E-state index is 0.0864. The van der Waals surface area contributed by atoms with Gasteiger partial charge in [-0.3, -0.25) is 4.79 Å². The van der Waals surface area contributed by atoms with Gasteiger partial charge in [0, 0.05) is 14.8 Å². The standard InChI is InChI=1S/C17H12INO/c18-15-8-5-13(6-9-15)17(20)19-16-10-7-12-3-1-2-4-14(12)11-16/h1-11H,(H,19,20). The quantitative estimate of drug-likeness (QED) is 0.649. The van der Waals surface area contributed by atoms with Gasteiger partial charge in [0.1, 0.15) is 0 Å². The fourth-order valence-electron chi connectivity index (χ4n) is 2.07. The molecule has 3 rings (SSSR count). The number of fused-ring (bicyclic) bond motifs is 1. The van der Waals surface area contributed by atoms with Gasteiger partial charge in [-0.1, -0.05) is 30.3 Å². The van der Waals surface area contributed by atoms with E-state index in [0.717, 1.165) is 14.6 Å². The van der Waals surface area contributed by atoms with E-state index in [2.05, 4.69) is 34.0 Å². The van der Waals surface area contributed by atoms with Crippen molar-refractivity contribution in [2.24, 2.45) is 0 Å². The molecule has 0 aromatic heterocycles. The average Bonchev–Trinajstić information content (AvgIpc) is 2.48. The molecule has 0 fully saturated rings. The van der Waals surface area contributed by atoms with Crippen LogP contribution in [0.5, 0.6) is 0 Å². The second kappa shape index (κ2) is 5.63. The molecule has 3 aromatic rings. The lowest BCUT2D eigenvalue weighted by atomic mass is 10.1. The van der Waals surface area contributed by atoms with Gasteiger partial charge in [0.25, 0.3) is 5.91 Å². The second-order valence-electron chi connectivity index (χ2n) is 4.52. The van der Waals surface area contributed by atoms with E-state index < -0.39 is 0 Å². The van der Waals surface area contributed by atoms with Crippen LogP contribution in [0.1, 0.15) is 10.4 Å². The Kier molecular flexibility index (Phi) is 3.69. The number of hydrogen-bond acceptors (Lipinski definition) is 1. The Balaban J connectivity index is 1.85. The SMILES string of the molecule is O=C(Nc1ccc2ccccc2c1)c1ccc(I)cc1. The third-order valence-corrected chi connectivity index (χ3v) is 3.83. The van der Waals surface area contributed by atoms with Gasteiger partial charge in [0.15, 0.2) is 0 Å². The predicted octanol–water partition coefficient (Wildman–Crippen LogP) is 4.70. The maximum Gasteiger partial charge on any atom is 0.255 e. The molecule has 2 nitrogen and oxygen atoms in total. The molecule has 0 atom stereocenters. The summed E-state index contributed by atoms with van der Waals surface area (Å²) in [5.41, 5.74) is 1.48. The first-order valence-corrected chi connectivity index (χ1v) is 7.36. The van der Waals surface area contributed by atoms with E-state index in [1.54, 1.807) is 0 Å². The normalized spacial score (nSPS) is 10.4. The van der Waals surface area contributed by atoms with Crippen molar-refractivity contribution >= 4 is 45.0 Å². The topological polar surface area (TPSA) is 29.1 Å². The number of amides is 1. The third-order valence-electron chi connectivity index (χ3n) is 3.11. The average molecular weight is 373 g/mol. The molecule has 0 heterocycles. The second-order valence-corrected chi connectivity index (χ2v) is 5.77. The summed E-state index contributed by atoms with van der Waals surface area (Å²) in [5, 5.41) is 5.21. The van der Waals surface area contributed by atoms with E-state index in [9.17, 15) is 4.79 Å². The van der Waals surface area contributed by atoms with Gasteiger partial charge in [-0.2, -0.15) is 0 Å². The molecule has 0 saturated heterocycles. The molecule has 0 aliphatic carbocycles. The highest BCUT2D eigenvalue weighted by molar-refractivity contribution is 14.1. The summed E-state index contributed by atoms with van der Waals surface area (Å²) in [6.45, 7) is 0. The molecule has 0 aliphatic rings. The van der Waals surface area contributed by atoms with Crippen LogP contribution in [0, 0.1) is 3.57 Å². The number of carbonyl (C=O) groups is 1. The lowest BCUT2D eigenvalue weighted by Crippen LogP contribution is -2.11. The highest BCUT2D eigenvalue weighted by atomic mass is 127. The zero-order chi connectivity index (χ0) is 13.9. The van der Waals surface area contributed by atoms with Gasteiger partial charge in [0.05, 0.1) is 0 Å². The molecule has 3 heteroatoms. The summed E-state index contributed by atoms with van der Waals surface area (Å²) in [6.07, 6.45) is 0. The van der Waals surface area contributed by atoms with Crippen LogP contribution < -0.4 is 5.32 Å². The Hall–Kier alpha value is -1.88. The Morgan fingerprint density at radius 2 is 1.55 bits per heavy atom. The van der Waals surface area contributed by atoms with Gasteiger partial charge >= 0.3 is 0 Å². The first-order chi connectivity index (χ1) is 9.72. The molecule has 0 bridgehead atoms. The van der Waals surface area contributed by atoms with Crippen LogP contribution in [0.2, 0.25) is 0 Å². The molecule has 1 N–H and O–H groups in total. The van der Waals surface area contributed by atoms with Crippen molar-refractivity contribution in [1.29, 1.82) is 0 Å². The molecule has 20 heavy (non-hydrogen) atoms. The Morgan fingerprint density at radius 1 is 0.850 bits per heavy atom. The highest BCUT2D eigenvalue weighted by Gasteiger charge is 2.06. The fourth-order valence-corrected chi connectivity index (χ4v) is 2.43. The van der Waals surface area contributed by atoms with E-state index in [1.165, 1.54) is 5.39 Å². The number of benzene rings is 3. The van der Waals surface area contributed by atoms with Crippen LogP contribution in [-0.4, -0.2) is 5.91 Å². The van der Waals surface area contributed by atoms with Crippen molar-refractivity contribution < 1.29 is 4.79 Å². The van der Waals surface area contributed by atoms with Crippen LogP contribution in [0.15, 0.2) is 66.7 Å². The highest BCUT2D eigenvalue weighted by Crippen LogP contribution is 2.19. The summed E-state index contributed by atoms with van der Waals surface area (Å²) in [5.74, 6) is -0.0864. The van der Waals surface area contributed by atoms with Gasteiger partial charge in [-0.15, -0.1) is 0 Å². The summed E-state index contributed by atoms with van der Waals surface area (Å²) in [4.78, 5) is 12.1. The molecule has 98 valence electrons. The Bertz CT molecular complexity index is 765. The number of nitrogens with one attached hydrogen (secondary N) is 1. The van der Waals surface area contributed by atoms with Gasteiger partial charge in [-0.05, 0) is 69.8 Å². The predicted molar refractivity (Wildman–Crippen MR) is 91.1 cm³/mol. The summed E-state index contributed by atoms with van der Waals surface area (Å²) in [6, 6.07) is 21.5. The number of anilines is 1. The van der Waals surface area contributed by atoms with Crippen LogP contribution in [0.25, 0.3) is 10.8 Å². The van der Waals surface area contributed by atoms with Crippen LogP contribution in [0.4, 0.5) is 5.69 Å². The lowest BCUT2D eigenvalue weighted by molar-refractivity contribution is 0.102. The van der Waals surface area contributed by atoms with E-state index in [-0.39, 0.29) is 5.91 Å². The lowest BCUT2D eigenvalue weighted by Gasteiger charge is -2.07. The molecule has 1 amide bonds. The maximum absolute atomic E-state index is 12.1. The van der Waals surface area contributed by atoms with Crippen LogP contribution >= 0.6 is 22.6 Å². The summed E-state index contributed by atoms with van der Waals surface area (Å²) < 4.78 is 1.12. The fraction of sp³-hybridized carbons (Fsp3) is 0. The zero-order valence-electron chi connectivity index (χ0n) is 10.6. The van der Waals surface area contributed by atoms with Crippen molar-refractivity contribution in [2.45, 2.75) is 0 Å². The van der Waals surface area contributed by atoms with E-state index in [4.69, 9.17) is 0 Å². The van der Waals surface area contributed by atoms with Gasteiger partial charge in [-0.25, -0.2) is 0 Å². The molecule has 0 saturated carbocycles. The van der Waals surface area contributed by atoms with Crippen molar-refractivity contribution in [1.82, 2.24) is 0 Å². The largest absolute Gasteiger partial charge is 0.322 e. The number of halogens is 1. The van der Waals surface area contributed by atoms with Gasteiger partial charge in [0.2, 0.25) is 0 Å². The minimum atomic E-state index is -0.0864. The van der Waals surface area contributed by atoms with E-state index in [1.807, 2.05) is 60.7 Å². The summed E-state index contributed by atoms with van der Waals surface area (Å²) in [7, 11) is 0. The first kappa shape index (κ1) is 13.1. The van der Waals surface area contributed by atoms with Crippen molar-refractivity contribution in [3.05, 3.63) is 75.9 Å².